The fourth-order valence-electron chi connectivity index (χ4n) is 2.21. The molecule has 1 N–H and O–H groups in total. The SMILES string of the molecule is CS(=O)(=O)N1CCC(C(=O)NCc2ccc(Cl)o2)CC1. The van der Waals surface area contributed by atoms with Gasteiger partial charge in [-0.3, -0.25) is 4.79 Å². The van der Waals surface area contributed by atoms with Crippen LogP contribution in [0.1, 0.15) is 18.6 Å². The van der Waals surface area contributed by atoms with E-state index < -0.39 is 10.0 Å². The molecule has 2 heterocycles. The highest BCUT2D eigenvalue weighted by Crippen LogP contribution is 2.19. The molecular weight excluding hydrogens is 304 g/mol. The Labute approximate surface area is 123 Å². The fourth-order valence-corrected chi connectivity index (χ4v) is 3.25. The highest BCUT2D eigenvalue weighted by molar-refractivity contribution is 7.88. The number of nitrogens with one attached hydrogen (secondary N) is 1. The van der Waals surface area contributed by atoms with Gasteiger partial charge in [-0.2, -0.15) is 0 Å². The molecule has 0 radical (unpaired) electrons. The lowest BCUT2D eigenvalue weighted by Gasteiger charge is -2.29. The third-order valence-corrected chi connectivity index (χ3v) is 4.87. The van der Waals surface area contributed by atoms with E-state index in [1.165, 1.54) is 10.6 Å². The summed E-state index contributed by atoms with van der Waals surface area (Å²) in [7, 11) is -3.16. The van der Waals surface area contributed by atoms with Crippen LogP contribution in [-0.2, 0) is 21.4 Å². The zero-order chi connectivity index (χ0) is 14.8. The number of hydrogen-bond acceptors (Lipinski definition) is 4. The first-order valence-corrected chi connectivity index (χ1v) is 8.56. The molecule has 1 saturated heterocycles. The lowest BCUT2D eigenvalue weighted by molar-refractivity contribution is -0.126. The van der Waals surface area contributed by atoms with Gasteiger partial charge in [0.1, 0.15) is 5.76 Å². The molecule has 1 fully saturated rings. The summed E-state index contributed by atoms with van der Waals surface area (Å²) in [6.07, 6.45) is 2.27. The van der Waals surface area contributed by atoms with E-state index in [0.29, 0.717) is 31.7 Å². The van der Waals surface area contributed by atoms with Crippen molar-refractivity contribution in [2.24, 2.45) is 5.92 Å². The smallest absolute Gasteiger partial charge is 0.223 e. The molecule has 20 heavy (non-hydrogen) atoms. The van der Waals surface area contributed by atoms with Crippen LogP contribution in [0.25, 0.3) is 0 Å². The normalized spacial score (nSPS) is 18.1. The Hall–Kier alpha value is -1.05. The molecule has 6 nitrogen and oxygen atoms in total. The van der Waals surface area contributed by atoms with Crippen LogP contribution in [0, 0.1) is 5.92 Å². The Morgan fingerprint density at radius 2 is 2.10 bits per heavy atom. The molecule has 2 rings (SSSR count). The highest BCUT2D eigenvalue weighted by atomic mass is 35.5. The van der Waals surface area contributed by atoms with Crippen LogP contribution in [0.3, 0.4) is 0 Å². The van der Waals surface area contributed by atoms with E-state index in [0.717, 1.165) is 0 Å². The molecule has 0 unspecified atom stereocenters. The van der Waals surface area contributed by atoms with Gasteiger partial charge in [0.25, 0.3) is 0 Å². The second-order valence-corrected chi connectivity index (χ2v) is 7.21. The van der Waals surface area contributed by atoms with E-state index in [2.05, 4.69) is 5.32 Å². The monoisotopic (exact) mass is 320 g/mol. The Kier molecular flexibility index (Phi) is 4.72. The summed E-state index contributed by atoms with van der Waals surface area (Å²) in [4.78, 5) is 12.0. The summed E-state index contributed by atoms with van der Waals surface area (Å²) in [6, 6.07) is 3.32. The number of furan rings is 1. The van der Waals surface area contributed by atoms with Gasteiger partial charge in [-0.15, -0.1) is 0 Å². The Balaban J connectivity index is 1.80. The Morgan fingerprint density at radius 3 is 2.60 bits per heavy atom. The molecule has 0 spiro atoms. The highest BCUT2D eigenvalue weighted by Gasteiger charge is 2.28. The number of halogens is 1. The minimum Gasteiger partial charge on any atom is -0.448 e. The third-order valence-electron chi connectivity index (χ3n) is 3.36. The van der Waals surface area contributed by atoms with Crippen molar-refractivity contribution in [3.63, 3.8) is 0 Å². The summed E-state index contributed by atoms with van der Waals surface area (Å²) >= 11 is 5.64. The van der Waals surface area contributed by atoms with Crippen LogP contribution >= 0.6 is 11.6 Å². The topological polar surface area (TPSA) is 79.6 Å². The van der Waals surface area contributed by atoms with Gasteiger partial charge in [-0.25, -0.2) is 12.7 Å². The van der Waals surface area contributed by atoms with Crippen LogP contribution in [0.2, 0.25) is 5.22 Å². The first-order chi connectivity index (χ1) is 9.36. The van der Waals surface area contributed by atoms with Crippen molar-refractivity contribution in [2.75, 3.05) is 19.3 Å². The number of nitrogens with zero attached hydrogens (tertiary/aromatic N) is 1. The average molecular weight is 321 g/mol. The number of hydrogen-bond donors (Lipinski definition) is 1. The maximum Gasteiger partial charge on any atom is 0.223 e. The molecule has 1 amide bonds. The second-order valence-electron chi connectivity index (χ2n) is 4.86. The maximum atomic E-state index is 12.0. The van der Waals surface area contributed by atoms with Crippen LogP contribution in [0.15, 0.2) is 16.5 Å². The number of piperidine rings is 1. The standard InChI is InChI=1S/C12H17ClN2O4S/c1-20(17,18)15-6-4-9(5-7-15)12(16)14-8-10-2-3-11(13)19-10/h2-3,9H,4-8H2,1H3,(H,14,16). The van der Waals surface area contributed by atoms with Gasteiger partial charge < -0.3 is 9.73 Å². The number of sulfonamides is 1. The average Bonchev–Trinajstić information content (AvgIpc) is 2.81. The molecule has 8 heteroatoms. The van der Waals surface area contributed by atoms with Gasteiger partial charge in [-0.1, -0.05) is 0 Å². The largest absolute Gasteiger partial charge is 0.448 e. The van der Waals surface area contributed by atoms with E-state index in [1.807, 2.05) is 0 Å². The zero-order valence-electron chi connectivity index (χ0n) is 11.1. The minimum atomic E-state index is -3.16. The van der Waals surface area contributed by atoms with E-state index >= 15 is 0 Å². The van der Waals surface area contributed by atoms with Gasteiger partial charge >= 0.3 is 0 Å². The number of carbonyl (C=O) groups is 1. The molecule has 1 aromatic heterocycles. The third kappa shape index (κ3) is 3.97. The second kappa shape index (κ2) is 6.15. The zero-order valence-corrected chi connectivity index (χ0v) is 12.7. The molecule has 1 aromatic rings. The predicted octanol–water partition coefficient (Wildman–Crippen LogP) is 1.22. The van der Waals surface area contributed by atoms with Gasteiger partial charge in [0.05, 0.1) is 12.8 Å². The molecule has 1 aliphatic heterocycles. The molecular formula is C12H17ClN2O4S. The van der Waals surface area contributed by atoms with Gasteiger partial charge in [0.15, 0.2) is 5.22 Å². The van der Waals surface area contributed by atoms with Crippen molar-refractivity contribution in [3.8, 4) is 0 Å². The molecule has 112 valence electrons. The van der Waals surface area contributed by atoms with Crippen LogP contribution in [0.4, 0.5) is 0 Å². The first-order valence-electron chi connectivity index (χ1n) is 6.33. The predicted molar refractivity (Wildman–Crippen MR) is 74.7 cm³/mol. The fraction of sp³-hybridized carbons (Fsp3) is 0.583. The first kappa shape index (κ1) is 15.3. The number of carbonyl (C=O) groups excluding carboxylic acids is 1. The molecule has 0 atom stereocenters. The number of rotatable bonds is 4. The Bertz CT molecular complexity index is 576. The summed E-state index contributed by atoms with van der Waals surface area (Å²) in [5.41, 5.74) is 0. The van der Waals surface area contributed by atoms with Crippen molar-refractivity contribution in [2.45, 2.75) is 19.4 Å². The van der Waals surface area contributed by atoms with E-state index in [1.54, 1.807) is 12.1 Å². The summed E-state index contributed by atoms with van der Waals surface area (Å²) in [6.45, 7) is 1.07. The van der Waals surface area contributed by atoms with Crippen LogP contribution in [-0.4, -0.2) is 38.0 Å². The summed E-state index contributed by atoms with van der Waals surface area (Å²) in [5.74, 6) is 0.362. The lowest BCUT2D eigenvalue weighted by Crippen LogP contribution is -2.42. The molecule has 0 aliphatic carbocycles. The molecule has 1 aliphatic rings. The minimum absolute atomic E-state index is 0.0781. The van der Waals surface area contributed by atoms with E-state index in [9.17, 15) is 13.2 Å². The van der Waals surface area contributed by atoms with Crippen LogP contribution < -0.4 is 5.32 Å². The molecule has 0 saturated carbocycles. The Morgan fingerprint density at radius 1 is 1.45 bits per heavy atom. The van der Waals surface area contributed by atoms with E-state index in [4.69, 9.17) is 16.0 Å². The van der Waals surface area contributed by atoms with Crippen molar-refractivity contribution in [3.05, 3.63) is 23.1 Å². The quantitative estimate of drug-likeness (QED) is 0.904. The summed E-state index contributed by atoms with van der Waals surface area (Å²) < 4.78 is 29.3. The van der Waals surface area contributed by atoms with Crippen LogP contribution in [0.5, 0.6) is 0 Å². The van der Waals surface area contributed by atoms with Crippen molar-refractivity contribution >= 4 is 27.5 Å². The van der Waals surface area contributed by atoms with Crippen molar-refractivity contribution < 1.29 is 17.6 Å². The van der Waals surface area contributed by atoms with Gasteiger partial charge in [-0.05, 0) is 36.6 Å². The summed E-state index contributed by atoms with van der Waals surface area (Å²) in [5, 5.41) is 3.06. The molecule has 0 aromatic carbocycles. The molecule has 0 bridgehead atoms. The number of amides is 1. The van der Waals surface area contributed by atoms with Crippen molar-refractivity contribution in [1.29, 1.82) is 0 Å². The maximum absolute atomic E-state index is 12.0. The van der Waals surface area contributed by atoms with Gasteiger partial charge in [0, 0.05) is 19.0 Å². The lowest BCUT2D eigenvalue weighted by atomic mass is 9.97. The van der Waals surface area contributed by atoms with E-state index in [-0.39, 0.29) is 23.6 Å². The van der Waals surface area contributed by atoms with Gasteiger partial charge in [0.2, 0.25) is 15.9 Å². The van der Waals surface area contributed by atoms with Crippen molar-refractivity contribution in [1.82, 2.24) is 9.62 Å².